The minimum atomic E-state index is -0.545. The van der Waals surface area contributed by atoms with E-state index in [1.54, 1.807) is 4.90 Å². The molecular weight excluding hydrogens is 630 g/mol. The Kier molecular flexibility index (Phi) is 8.48. The third kappa shape index (κ3) is 4.72. The molecule has 282 valence electrons. The Morgan fingerprint density at radius 3 is 2.18 bits per heavy atom. The van der Waals surface area contributed by atoms with Gasteiger partial charge in [0, 0.05) is 50.1 Å². The SMILES string of the molecule is CCN1CCN(C(=O)OC2CCC34CC35CCC3(C)[C@@H]6C(OC(C(OC(=O)N7CCC7)C(C)C)C[C@H]6C)[C@H](O)[C@@]3(C)C5CC[C@H]4C2(C)C)CC1. The highest BCUT2D eigenvalue weighted by Crippen LogP contribution is 2.89. The van der Waals surface area contributed by atoms with Gasteiger partial charge in [0.2, 0.25) is 0 Å². The number of amides is 2. The first kappa shape index (κ1) is 35.4. The van der Waals surface area contributed by atoms with Gasteiger partial charge in [0.1, 0.15) is 12.2 Å². The second-order valence-electron chi connectivity index (χ2n) is 19.8. The van der Waals surface area contributed by atoms with Gasteiger partial charge in [-0.2, -0.15) is 0 Å². The van der Waals surface area contributed by atoms with E-state index < -0.39 is 6.10 Å². The lowest BCUT2D eigenvalue weighted by molar-refractivity contribution is -0.185. The van der Waals surface area contributed by atoms with Crippen molar-refractivity contribution in [2.45, 2.75) is 144 Å². The van der Waals surface area contributed by atoms with E-state index >= 15 is 0 Å². The largest absolute Gasteiger partial charge is 0.446 e. The number of aliphatic hydroxyl groups excluding tert-OH is 1. The third-order valence-corrected chi connectivity index (χ3v) is 17.5. The van der Waals surface area contributed by atoms with Crippen LogP contribution in [0.3, 0.4) is 0 Å². The van der Waals surface area contributed by atoms with Gasteiger partial charge in [-0.3, -0.25) is 0 Å². The van der Waals surface area contributed by atoms with Crippen LogP contribution in [0.2, 0.25) is 0 Å². The van der Waals surface area contributed by atoms with Crippen LogP contribution in [-0.2, 0) is 14.2 Å². The first-order valence-corrected chi connectivity index (χ1v) is 20.6. The van der Waals surface area contributed by atoms with Gasteiger partial charge in [0.15, 0.2) is 0 Å². The highest BCUT2D eigenvalue weighted by atomic mass is 16.6. The fourth-order valence-electron chi connectivity index (χ4n) is 14.5. The molecule has 3 heterocycles. The molecule has 0 aromatic heterocycles. The van der Waals surface area contributed by atoms with Gasteiger partial charge >= 0.3 is 12.2 Å². The lowest BCUT2D eigenvalue weighted by Gasteiger charge is -2.63. The van der Waals surface area contributed by atoms with Gasteiger partial charge in [-0.05, 0) is 110 Å². The van der Waals surface area contributed by atoms with E-state index in [-0.39, 0.29) is 75.5 Å². The molecule has 3 saturated heterocycles. The molecule has 2 spiro atoms. The number of fused-ring (bicyclic) bond motifs is 4. The predicted octanol–water partition coefficient (Wildman–Crippen LogP) is 6.81. The molecule has 0 aromatic carbocycles. The van der Waals surface area contributed by atoms with Crippen LogP contribution in [0.25, 0.3) is 0 Å². The molecule has 5 aliphatic carbocycles. The Morgan fingerprint density at radius 1 is 0.880 bits per heavy atom. The van der Waals surface area contributed by atoms with Gasteiger partial charge in [0.25, 0.3) is 0 Å². The van der Waals surface area contributed by atoms with Crippen molar-refractivity contribution >= 4 is 12.2 Å². The number of carbonyl (C=O) groups excluding carboxylic acids is 2. The Labute approximate surface area is 301 Å². The van der Waals surface area contributed by atoms with Crippen LogP contribution in [0.5, 0.6) is 0 Å². The summed E-state index contributed by atoms with van der Waals surface area (Å²) in [5.41, 5.74) is 0.183. The van der Waals surface area contributed by atoms with E-state index in [0.29, 0.717) is 17.8 Å². The van der Waals surface area contributed by atoms with Gasteiger partial charge in [-0.1, -0.05) is 55.4 Å². The number of aliphatic hydroxyl groups is 1. The maximum absolute atomic E-state index is 13.4. The molecule has 0 aromatic rings. The Hall–Kier alpha value is -1.58. The third-order valence-electron chi connectivity index (χ3n) is 17.5. The summed E-state index contributed by atoms with van der Waals surface area (Å²) in [6.07, 6.45) is 8.16. The molecule has 0 radical (unpaired) electrons. The van der Waals surface area contributed by atoms with Crippen molar-refractivity contribution < 1.29 is 28.9 Å². The van der Waals surface area contributed by atoms with Crippen molar-refractivity contribution in [1.82, 2.24) is 14.7 Å². The lowest BCUT2D eigenvalue weighted by atomic mass is 9.41. The summed E-state index contributed by atoms with van der Waals surface area (Å²) in [6, 6.07) is 0. The smallest absolute Gasteiger partial charge is 0.410 e. The van der Waals surface area contributed by atoms with Crippen molar-refractivity contribution in [3.63, 3.8) is 0 Å². The number of rotatable bonds is 5. The first-order chi connectivity index (χ1) is 23.6. The zero-order valence-electron chi connectivity index (χ0n) is 32.4. The maximum Gasteiger partial charge on any atom is 0.410 e. The van der Waals surface area contributed by atoms with Crippen LogP contribution in [0, 0.1) is 56.7 Å². The minimum absolute atomic E-state index is 0.0142. The second-order valence-corrected chi connectivity index (χ2v) is 19.8. The van der Waals surface area contributed by atoms with E-state index in [9.17, 15) is 14.7 Å². The first-order valence-electron chi connectivity index (χ1n) is 20.6. The maximum atomic E-state index is 13.4. The number of carbonyl (C=O) groups is 2. The van der Waals surface area contributed by atoms with Crippen molar-refractivity contribution in [3.05, 3.63) is 0 Å². The fraction of sp³-hybridized carbons (Fsp3) is 0.951. The van der Waals surface area contributed by atoms with Crippen LogP contribution >= 0.6 is 0 Å². The van der Waals surface area contributed by atoms with Gasteiger partial charge in [-0.15, -0.1) is 0 Å². The van der Waals surface area contributed by atoms with Gasteiger partial charge in [0.05, 0.1) is 18.3 Å². The van der Waals surface area contributed by atoms with Crippen LogP contribution in [0.1, 0.15) is 113 Å². The molecule has 8 fully saturated rings. The van der Waals surface area contributed by atoms with Crippen molar-refractivity contribution in [2.75, 3.05) is 45.8 Å². The molecule has 5 saturated carbocycles. The number of likely N-dealkylation sites (tertiary alicyclic amines) is 1. The highest BCUT2D eigenvalue weighted by Gasteiger charge is 2.84. The molecule has 13 atom stereocenters. The molecule has 8 unspecified atom stereocenters. The van der Waals surface area contributed by atoms with E-state index in [4.69, 9.17) is 14.2 Å². The van der Waals surface area contributed by atoms with E-state index in [1.807, 2.05) is 4.90 Å². The van der Waals surface area contributed by atoms with Gasteiger partial charge in [-0.25, -0.2) is 9.59 Å². The van der Waals surface area contributed by atoms with Crippen molar-refractivity contribution in [3.8, 4) is 0 Å². The van der Waals surface area contributed by atoms with Crippen LogP contribution in [0.15, 0.2) is 0 Å². The number of likely N-dealkylation sites (N-methyl/N-ethyl adjacent to an activating group) is 1. The van der Waals surface area contributed by atoms with Crippen LogP contribution in [-0.4, -0.2) is 108 Å². The monoisotopic (exact) mass is 698 g/mol. The molecule has 8 aliphatic rings. The molecule has 3 aliphatic heterocycles. The van der Waals surface area contributed by atoms with E-state index in [1.165, 1.54) is 12.8 Å². The van der Waals surface area contributed by atoms with E-state index in [2.05, 4.69) is 60.3 Å². The zero-order valence-corrected chi connectivity index (χ0v) is 32.4. The summed E-state index contributed by atoms with van der Waals surface area (Å²) in [7, 11) is 0. The normalized spacial score (nSPS) is 48.3. The average molecular weight is 698 g/mol. The molecular formula is C41H67N3O6. The summed E-state index contributed by atoms with van der Waals surface area (Å²) in [6.45, 7) is 24.5. The van der Waals surface area contributed by atoms with Crippen molar-refractivity contribution in [1.29, 1.82) is 0 Å². The summed E-state index contributed by atoms with van der Waals surface area (Å²) in [5, 5.41) is 12.7. The molecule has 50 heavy (non-hydrogen) atoms. The zero-order chi connectivity index (χ0) is 35.6. The molecule has 8 rings (SSSR count). The van der Waals surface area contributed by atoms with Crippen LogP contribution in [0.4, 0.5) is 9.59 Å². The molecule has 2 amide bonds. The summed E-state index contributed by atoms with van der Waals surface area (Å²) in [5.74, 6) is 1.77. The molecule has 9 heteroatoms. The number of ether oxygens (including phenoxy) is 3. The number of nitrogens with zero attached hydrogens (tertiary/aromatic N) is 3. The Balaban J connectivity index is 1.00. The summed E-state index contributed by atoms with van der Waals surface area (Å²) in [4.78, 5) is 32.5. The van der Waals surface area contributed by atoms with Crippen LogP contribution < -0.4 is 0 Å². The minimum Gasteiger partial charge on any atom is -0.446 e. The quantitative estimate of drug-likeness (QED) is 0.338. The molecule has 1 N–H and O–H groups in total. The van der Waals surface area contributed by atoms with E-state index in [0.717, 1.165) is 90.8 Å². The highest BCUT2D eigenvalue weighted by molar-refractivity contribution is 5.69. The number of piperazine rings is 1. The number of hydrogen-bond acceptors (Lipinski definition) is 7. The topological polar surface area (TPSA) is 91.8 Å². The van der Waals surface area contributed by atoms with Crippen molar-refractivity contribution in [2.24, 2.45) is 56.7 Å². The number of hydrogen-bond donors (Lipinski definition) is 1. The second kappa shape index (κ2) is 12.0. The molecule has 9 nitrogen and oxygen atoms in total. The Bertz CT molecular complexity index is 1350. The fourth-order valence-corrected chi connectivity index (χ4v) is 14.5. The summed E-state index contributed by atoms with van der Waals surface area (Å²) >= 11 is 0. The lowest BCUT2D eigenvalue weighted by Crippen LogP contribution is -2.60. The molecule has 0 bridgehead atoms. The Morgan fingerprint density at radius 2 is 1.54 bits per heavy atom. The summed E-state index contributed by atoms with van der Waals surface area (Å²) < 4.78 is 19.6. The average Bonchev–Trinajstić information content (AvgIpc) is 3.68. The standard InChI is InChI=1S/C41H67N3O6/c1-9-42-19-21-44(22-20-42)35(46)49-30-13-14-40-24-41(40)16-15-38(7)31-26(4)23-27(32(25(2)3)50-36(47)43-17-10-18-43)48-33(31)34(45)39(38,8)29(41)12-11-28(40)37(30,5)6/h25-34,45H,9-24H2,1-8H3/t26-,27?,28+,29?,30?,31+,32?,33?,34+,38?,39-,40?,41?/m1/s1. The predicted molar refractivity (Wildman–Crippen MR) is 191 cm³/mol. The van der Waals surface area contributed by atoms with Gasteiger partial charge < -0.3 is 34.0 Å².